The van der Waals surface area contributed by atoms with Crippen LogP contribution in [0.5, 0.6) is 0 Å². The van der Waals surface area contributed by atoms with Crippen molar-refractivity contribution in [2.24, 2.45) is 5.92 Å². The van der Waals surface area contributed by atoms with Gasteiger partial charge in [0.05, 0.1) is 17.4 Å². The molecule has 1 saturated heterocycles. The van der Waals surface area contributed by atoms with E-state index in [4.69, 9.17) is 0 Å². The van der Waals surface area contributed by atoms with Crippen molar-refractivity contribution in [3.63, 3.8) is 0 Å². The molecule has 5 nitrogen and oxygen atoms in total. The Balaban J connectivity index is 1.87. The molecule has 0 bridgehead atoms. The van der Waals surface area contributed by atoms with Gasteiger partial charge in [0.25, 0.3) is 0 Å². The van der Waals surface area contributed by atoms with E-state index < -0.39 is 16.1 Å². The van der Waals surface area contributed by atoms with E-state index in [9.17, 15) is 13.5 Å². The highest BCUT2D eigenvalue weighted by atomic mass is 32.2. The lowest BCUT2D eigenvalue weighted by Crippen LogP contribution is -2.46. The third kappa shape index (κ3) is 2.99. The molecule has 2 unspecified atom stereocenters. The van der Waals surface area contributed by atoms with Gasteiger partial charge in [-0.1, -0.05) is 31.2 Å². The number of rotatable bonds is 3. The van der Waals surface area contributed by atoms with Crippen LogP contribution in [0.4, 0.5) is 0 Å². The van der Waals surface area contributed by atoms with Crippen LogP contribution in [0.1, 0.15) is 18.9 Å². The predicted molar refractivity (Wildman–Crippen MR) is 85.7 cm³/mol. The fourth-order valence-corrected chi connectivity index (χ4v) is 4.42. The Morgan fingerprint density at radius 2 is 2.09 bits per heavy atom. The van der Waals surface area contributed by atoms with Gasteiger partial charge in [0.2, 0.25) is 10.0 Å². The fourth-order valence-electron chi connectivity index (χ4n) is 2.84. The molecule has 0 aliphatic carbocycles. The second-order valence-corrected chi connectivity index (χ2v) is 7.91. The summed E-state index contributed by atoms with van der Waals surface area (Å²) in [6, 6.07) is 9.33. The van der Waals surface area contributed by atoms with Crippen molar-refractivity contribution in [2.45, 2.75) is 25.2 Å². The van der Waals surface area contributed by atoms with Crippen LogP contribution >= 0.6 is 0 Å². The third-order valence-corrected chi connectivity index (χ3v) is 6.12. The van der Waals surface area contributed by atoms with E-state index in [1.54, 1.807) is 12.3 Å². The number of hydrogen-bond donors (Lipinski definition) is 1. The second-order valence-electron chi connectivity index (χ2n) is 5.94. The zero-order chi connectivity index (χ0) is 15.7. The van der Waals surface area contributed by atoms with Gasteiger partial charge in [-0.2, -0.15) is 4.31 Å². The quantitative estimate of drug-likeness (QED) is 0.935. The number of aromatic nitrogens is 1. The van der Waals surface area contributed by atoms with Gasteiger partial charge in [0, 0.05) is 24.7 Å². The molecule has 2 heterocycles. The number of piperidine rings is 1. The third-order valence-electron chi connectivity index (χ3n) is 4.33. The molecule has 1 aromatic heterocycles. The molecule has 1 fully saturated rings. The van der Waals surface area contributed by atoms with Crippen molar-refractivity contribution >= 4 is 20.9 Å². The van der Waals surface area contributed by atoms with E-state index in [-0.39, 0.29) is 18.2 Å². The van der Waals surface area contributed by atoms with Crippen LogP contribution in [-0.2, 0) is 15.8 Å². The summed E-state index contributed by atoms with van der Waals surface area (Å²) >= 11 is 0. The number of aliphatic hydroxyl groups excluding tert-OH is 1. The molecular formula is C16H20N2O3S. The zero-order valence-corrected chi connectivity index (χ0v) is 13.3. The molecule has 6 heteroatoms. The van der Waals surface area contributed by atoms with E-state index in [1.807, 2.05) is 31.2 Å². The Morgan fingerprint density at radius 3 is 2.86 bits per heavy atom. The van der Waals surface area contributed by atoms with Crippen molar-refractivity contribution in [3.8, 4) is 0 Å². The molecule has 1 aromatic carbocycles. The first-order valence-corrected chi connectivity index (χ1v) is 9.07. The molecule has 0 saturated carbocycles. The minimum absolute atomic E-state index is 0.0809. The van der Waals surface area contributed by atoms with Gasteiger partial charge < -0.3 is 5.11 Å². The Bertz CT molecular complexity index is 771. The van der Waals surface area contributed by atoms with Crippen molar-refractivity contribution < 1.29 is 13.5 Å². The van der Waals surface area contributed by atoms with Gasteiger partial charge in [-0.25, -0.2) is 8.42 Å². The highest BCUT2D eigenvalue weighted by molar-refractivity contribution is 7.88. The van der Waals surface area contributed by atoms with Crippen molar-refractivity contribution in [3.05, 3.63) is 42.1 Å². The lowest BCUT2D eigenvalue weighted by Gasteiger charge is -2.33. The molecule has 0 radical (unpaired) electrons. The maximum Gasteiger partial charge on any atom is 0.218 e. The maximum atomic E-state index is 12.6. The lowest BCUT2D eigenvalue weighted by atomic mass is 9.98. The van der Waals surface area contributed by atoms with Crippen LogP contribution in [0, 0.1) is 5.92 Å². The molecule has 1 aliphatic rings. The largest absolute Gasteiger partial charge is 0.391 e. The van der Waals surface area contributed by atoms with E-state index in [1.165, 1.54) is 4.31 Å². The Kier molecular flexibility index (Phi) is 4.16. The minimum Gasteiger partial charge on any atom is -0.391 e. The number of sulfonamides is 1. The molecule has 2 aromatic rings. The number of aliphatic hydroxyl groups is 1. The predicted octanol–water partition coefficient (Wildman–Crippen LogP) is 1.77. The summed E-state index contributed by atoms with van der Waals surface area (Å²) in [4.78, 5) is 4.31. The molecule has 0 spiro atoms. The van der Waals surface area contributed by atoms with Gasteiger partial charge in [-0.15, -0.1) is 0 Å². The molecule has 3 rings (SSSR count). The lowest BCUT2D eigenvalue weighted by molar-refractivity contribution is 0.0604. The normalized spacial score (nSPS) is 23.7. The molecule has 118 valence electrons. The Labute approximate surface area is 130 Å². The number of para-hydroxylation sites is 1. The van der Waals surface area contributed by atoms with Gasteiger partial charge in [0.15, 0.2) is 0 Å². The molecular weight excluding hydrogens is 300 g/mol. The number of fused-ring (bicyclic) bond motifs is 1. The first-order chi connectivity index (χ1) is 10.5. The summed E-state index contributed by atoms with van der Waals surface area (Å²) < 4.78 is 26.7. The molecule has 1 N–H and O–H groups in total. The number of benzene rings is 1. The first-order valence-electron chi connectivity index (χ1n) is 7.46. The topological polar surface area (TPSA) is 70.5 Å². The number of hydrogen-bond acceptors (Lipinski definition) is 4. The van der Waals surface area contributed by atoms with E-state index in [0.29, 0.717) is 18.5 Å². The molecule has 0 amide bonds. The first kappa shape index (κ1) is 15.4. The summed E-state index contributed by atoms with van der Waals surface area (Å²) in [6.45, 7) is 2.60. The summed E-state index contributed by atoms with van der Waals surface area (Å²) in [6.07, 6.45) is 1.77. The Morgan fingerprint density at radius 1 is 1.32 bits per heavy atom. The summed E-state index contributed by atoms with van der Waals surface area (Å²) in [5.74, 6) is 0.0632. The second kappa shape index (κ2) is 5.95. The average molecular weight is 320 g/mol. The van der Waals surface area contributed by atoms with E-state index >= 15 is 0 Å². The Hall–Kier alpha value is -1.50. The molecule has 2 atom stereocenters. The fraction of sp³-hybridized carbons (Fsp3) is 0.438. The summed E-state index contributed by atoms with van der Waals surface area (Å²) in [7, 11) is -3.45. The average Bonchev–Trinajstić information content (AvgIpc) is 2.50. The van der Waals surface area contributed by atoms with Crippen LogP contribution in [-0.4, -0.2) is 42.0 Å². The van der Waals surface area contributed by atoms with E-state index in [2.05, 4.69) is 4.98 Å². The molecule has 22 heavy (non-hydrogen) atoms. The SMILES string of the molecule is CC1CCN(S(=O)(=O)Cc2cccc3cccnc23)CC1O. The highest BCUT2D eigenvalue weighted by Gasteiger charge is 2.32. The standard InChI is InChI=1S/C16H20N2O3S/c1-12-7-9-18(10-15(12)19)22(20,21)11-14-5-2-4-13-6-3-8-17-16(13)14/h2-6,8,12,15,19H,7,9-11H2,1H3. The van der Waals surface area contributed by atoms with Crippen molar-refractivity contribution in [1.82, 2.24) is 9.29 Å². The number of nitrogens with zero attached hydrogens (tertiary/aromatic N) is 2. The van der Waals surface area contributed by atoms with Crippen LogP contribution < -0.4 is 0 Å². The zero-order valence-electron chi connectivity index (χ0n) is 12.5. The van der Waals surface area contributed by atoms with Gasteiger partial charge in [-0.05, 0) is 24.0 Å². The van der Waals surface area contributed by atoms with Crippen LogP contribution in [0.3, 0.4) is 0 Å². The highest BCUT2D eigenvalue weighted by Crippen LogP contribution is 2.24. The minimum atomic E-state index is -3.45. The van der Waals surface area contributed by atoms with Crippen LogP contribution in [0.2, 0.25) is 0 Å². The maximum absolute atomic E-state index is 12.6. The van der Waals surface area contributed by atoms with Crippen molar-refractivity contribution in [2.75, 3.05) is 13.1 Å². The van der Waals surface area contributed by atoms with Gasteiger partial charge in [-0.3, -0.25) is 4.98 Å². The smallest absolute Gasteiger partial charge is 0.218 e. The van der Waals surface area contributed by atoms with Crippen LogP contribution in [0.15, 0.2) is 36.5 Å². The van der Waals surface area contributed by atoms with Crippen molar-refractivity contribution in [1.29, 1.82) is 0 Å². The monoisotopic (exact) mass is 320 g/mol. The summed E-state index contributed by atoms with van der Waals surface area (Å²) in [5, 5.41) is 10.9. The van der Waals surface area contributed by atoms with E-state index in [0.717, 1.165) is 10.9 Å². The number of β-amino-alcohol motifs (C(OH)–C–C–N with tert-alkyl or cyclic N) is 1. The summed E-state index contributed by atoms with van der Waals surface area (Å²) in [5.41, 5.74) is 1.42. The van der Waals surface area contributed by atoms with Crippen LogP contribution in [0.25, 0.3) is 10.9 Å². The van der Waals surface area contributed by atoms with Gasteiger partial charge in [0.1, 0.15) is 0 Å². The van der Waals surface area contributed by atoms with Gasteiger partial charge >= 0.3 is 0 Å². The molecule has 1 aliphatic heterocycles. The number of pyridine rings is 1.